The maximum Gasteiger partial charge on any atom is 0.151 e. The quantitative estimate of drug-likeness (QED) is 0.777. The molecular formula is C12H21NO2S2. The summed E-state index contributed by atoms with van der Waals surface area (Å²) in [5.74, 6) is 0.538. The number of aryl methyl sites for hydroxylation is 2. The molecule has 98 valence electrons. The molecule has 0 saturated heterocycles. The lowest BCUT2D eigenvalue weighted by Gasteiger charge is -2.04. The monoisotopic (exact) mass is 275 g/mol. The molecule has 17 heavy (non-hydrogen) atoms. The normalized spacial score (nSPS) is 11.9. The second-order valence-corrected chi connectivity index (χ2v) is 7.93. The number of hydrogen-bond acceptors (Lipinski definition) is 4. The zero-order valence-electron chi connectivity index (χ0n) is 10.7. The van der Waals surface area contributed by atoms with Crippen molar-refractivity contribution in [1.29, 1.82) is 0 Å². The molecule has 0 unspecified atom stereocenters. The highest BCUT2D eigenvalue weighted by atomic mass is 32.2. The van der Waals surface area contributed by atoms with Gasteiger partial charge in [0, 0.05) is 28.6 Å². The second kappa shape index (κ2) is 6.52. The standard InChI is InChI=1S/C12H21NO2S2/c1-4-6-17(14,15)7-5-13-9-12-8-10(2)11(3)16-12/h8,13H,4-7,9H2,1-3H3. The van der Waals surface area contributed by atoms with E-state index in [1.54, 1.807) is 11.3 Å². The van der Waals surface area contributed by atoms with Crippen molar-refractivity contribution in [2.45, 2.75) is 33.7 Å². The van der Waals surface area contributed by atoms with Gasteiger partial charge in [-0.1, -0.05) is 6.92 Å². The van der Waals surface area contributed by atoms with E-state index >= 15 is 0 Å². The van der Waals surface area contributed by atoms with Gasteiger partial charge in [-0.3, -0.25) is 0 Å². The van der Waals surface area contributed by atoms with Gasteiger partial charge >= 0.3 is 0 Å². The van der Waals surface area contributed by atoms with Crippen molar-refractivity contribution in [3.8, 4) is 0 Å². The van der Waals surface area contributed by atoms with Crippen LogP contribution < -0.4 is 5.32 Å². The van der Waals surface area contributed by atoms with Crippen molar-refractivity contribution < 1.29 is 8.42 Å². The molecule has 0 aliphatic rings. The first-order valence-corrected chi connectivity index (χ1v) is 8.55. The summed E-state index contributed by atoms with van der Waals surface area (Å²) in [6, 6.07) is 2.16. The van der Waals surface area contributed by atoms with Gasteiger partial charge < -0.3 is 5.32 Å². The van der Waals surface area contributed by atoms with Crippen molar-refractivity contribution in [1.82, 2.24) is 5.32 Å². The van der Waals surface area contributed by atoms with Crippen molar-refractivity contribution >= 4 is 21.2 Å². The van der Waals surface area contributed by atoms with Gasteiger partial charge in [-0.15, -0.1) is 11.3 Å². The Balaban J connectivity index is 2.29. The minimum absolute atomic E-state index is 0.240. The number of hydrogen-bond donors (Lipinski definition) is 1. The van der Waals surface area contributed by atoms with Crippen LogP contribution in [0.5, 0.6) is 0 Å². The fourth-order valence-electron chi connectivity index (χ4n) is 1.59. The maximum atomic E-state index is 11.5. The number of sulfone groups is 1. The van der Waals surface area contributed by atoms with Crippen molar-refractivity contribution in [3.63, 3.8) is 0 Å². The molecule has 0 bridgehead atoms. The van der Waals surface area contributed by atoms with Gasteiger partial charge in [-0.2, -0.15) is 0 Å². The Kier molecular flexibility index (Phi) is 5.62. The fraction of sp³-hybridized carbons (Fsp3) is 0.667. The largest absolute Gasteiger partial charge is 0.311 e. The van der Waals surface area contributed by atoms with E-state index in [1.807, 2.05) is 6.92 Å². The Morgan fingerprint density at radius 3 is 2.53 bits per heavy atom. The number of nitrogens with one attached hydrogen (secondary N) is 1. The van der Waals surface area contributed by atoms with Gasteiger partial charge in [0.25, 0.3) is 0 Å². The molecule has 0 aromatic carbocycles. The van der Waals surface area contributed by atoms with Crippen molar-refractivity contribution in [2.24, 2.45) is 0 Å². The van der Waals surface area contributed by atoms with E-state index in [0.717, 1.165) is 6.54 Å². The summed E-state index contributed by atoms with van der Waals surface area (Å²) in [7, 11) is -2.85. The lowest BCUT2D eigenvalue weighted by molar-refractivity contribution is 0.589. The molecule has 0 saturated carbocycles. The Morgan fingerprint density at radius 2 is 2.00 bits per heavy atom. The molecule has 1 rings (SSSR count). The van der Waals surface area contributed by atoms with E-state index < -0.39 is 9.84 Å². The molecule has 1 aromatic heterocycles. The van der Waals surface area contributed by atoms with Crippen LogP contribution in [0.4, 0.5) is 0 Å². The highest BCUT2D eigenvalue weighted by Crippen LogP contribution is 2.20. The van der Waals surface area contributed by atoms with Crippen LogP contribution >= 0.6 is 11.3 Å². The van der Waals surface area contributed by atoms with Gasteiger partial charge in [0.15, 0.2) is 9.84 Å². The van der Waals surface area contributed by atoms with Crippen LogP contribution in [0.3, 0.4) is 0 Å². The summed E-state index contributed by atoms with van der Waals surface area (Å²) in [6.07, 6.45) is 0.700. The molecule has 0 atom stereocenters. The third-order valence-electron chi connectivity index (χ3n) is 2.62. The lowest BCUT2D eigenvalue weighted by atomic mass is 10.3. The summed E-state index contributed by atoms with van der Waals surface area (Å²) >= 11 is 1.77. The van der Waals surface area contributed by atoms with Crippen molar-refractivity contribution in [3.05, 3.63) is 21.4 Å². The van der Waals surface area contributed by atoms with Crippen LogP contribution in [0.2, 0.25) is 0 Å². The first-order valence-electron chi connectivity index (χ1n) is 5.91. The van der Waals surface area contributed by atoms with Crippen LogP contribution in [-0.4, -0.2) is 26.5 Å². The van der Waals surface area contributed by atoms with Crippen LogP contribution in [0.15, 0.2) is 6.07 Å². The predicted octanol–water partition coefficient (Wildman–Crippen LogP) is 2.28. The second-order valence-electron chi connectivity index (χ2n) is 4.28. The van der Waals surface area contributed by atoms with E-state index in [4.69, 9.17) is 0 Å². The van der Waals surface area contributed by atoms with Crippen LogP contribution in [-0.2, 0) is 16.4 Å². The van der Waals surface area contributed by atoms with Gasteiger partial charge in [-0.05, 0) is 31.9 Å². The van der Waals surface area contributed by atoms with E-state index in [2.05, 4.69) is 25.2 Å². The summed E-state index contributed by atoms with van der Waals surface area (Å²) in [5.41, 5.74) is 1.31. The van der Waals surface area contributed by atoms with Crippen LogP contribution in [0.25, 0.3) is 0 Å². The van der Waals surface area contributed by atoms with Gasteiger partial charge in [0.2, 0.25) is 0 Å². The molecule has 0 radical (unpaired) electrons. The molecule has 0 aliphatic heterocycles. The molecule has 0 fully saturated rings. The number of rotatable bonds is 7. The topological polar surface area (TPSA) is 46.2 Å². The molecule has 3 nitrogen and oxygen atoms in total. The minimum Gasteiger partial charge on any atom is -0.311 e. The SMILES string of the molecule is CCCS(=O)(=O)CCNCc1cc(C)c(C)s1. The lowest BCUT2D eigenvalue weighted by Crippen LogP contribution is -2.23. The molecule has 1 N–H and O–H groups in total. The van der Waals surface area contributed by atoms with E-state index in [9.17, 15) is 8.42 Å². The molecular weight excluding hydrogens is 254 g/mol. The van der Waals surface area contributed by atoms with Crippen molar-refractivity contribution in [2.75, 3.05) is 18.1 Å². The highest BCUT2D eigenvalue weighted by Gasteiger charge is 2.08. The smallest absolute Gasteiger partial charge is 0.151 e. The first kappa shape index (κ1) is 14.7. The van der Waals surface area contributed by atoms with Crippen LogP contribution in [0, 0.1) is 13.8 Å². The van der Waals surface area contributed by atoms with Gasteiger partial charge in [0.05, 0.1) is 5.75 Å². The molecule has 0 amide bonds. The first-order chi connectivity index (χ1) is 7.94. The third kappa shape index (κ3) is 5.19. The highest BCUT2D eigenvalue weighted by molar-refractivity contribution is 7.91. The minimum atomic E-state index is -2.85. The predicted molar refractivity (Wildman–Crippen MR) is 74.4 cm³/mol. The molecule has 1 heterocycles. The molecule has 5 heteroatoms. The maximum absolute atomic E-state index is 11.5. The average Bonchev–Trinajstić information content (AvgIpc) is 2.53. The Labute approximate surface area is 108 Å². The van der Waals surface area contributed by atoms with Crippen LogP contribution in [0.1, 0.15) is 28.7 Å². The summed E-state index contributed by atoms with van der Waals surface area (Å²) in [4.78, 5) is 2.60. The van der Waals surface area contributed by atoms with E-state index in [1.165, 1.54) is 15.3 Å². The summed E-state index contributed by atoms with van der Waals surface area (Å²) in [5, 5.41) is 3.19. The molecule has 0 spiro atoms. The Morgan fingerprint density at radius 1 is 1.29 bits per heavy atom. The van der Waals surface area contributed by atoms with Gasteiger partial charge in [-0.25, -0.2) is 8.42 Å². The van der Waals surface area contributed by atoms with Gasteiger partial charge in [0.1, 0.15) is 0 Å². The number of thiophene rings is 1. The molecule has 1 aromatic rings. The third-order valence-corrected chi connectivity index (χ3v) is 5.63. The zero-order valence-corrected chi connectivity index (χ0v) is 12.4. The van der Waals surface area contributed by atoms with E-state index in [0.29, 0.717) is 18.7 Å². The van der Waals surface area contributed by atoms with E-state index in [-0.39, 0.29) is 5.75 Å². The fourth-order valence-corrected chi connectivity index (χ4v) is 3.89. The summed E-state index contributed by atoms with van der Waals surface area (Å²) < 4.78 is 22.9. The Bertz CT molecular complexity index is 430. The zero-order chi connectivity index (χ0) is 12.9. The Hall–Kier alpha value is -0.390. The molecule has 0 aliphatic carbocycles. The average molecular weight is 275 g/mol. The summed E-state index contributed by atoms with van der Waals surface area (Å²) in [6.45, 7) is 7.40.